The van der Waals surface area contributed by atoms with Gasteiger partial charge in [0.1, 0.15) is 5.75 Å². The molecule has 0 aromatic heterocycles. The standard InChI is InChI=1S/C22H27NO2/c1-16(17-7-9-21(24)10-8-17)13-23-14-18-11-22(25,12-19(18)15-23)20-5-3-2-4-6-20/h2-10,16,18-19,24-25H,11-15H2,1H3/t16?,18-,19+,22-. The molecule has 2 fully saturated rings. The minimum atomic E-state index is -0.634. The van der Waals surface area contributed by atoms with E-state index >= 15 is 0 Å². The van der Waals surface area contributed by atoms with E-state index < -0.39 is 5.60 Å². The molecule has 2 aromatic rings. The maximum absolute atomic E-state index is 11.1. The van der Waals surface area contributed by atoms with Crippen molar-refractivity contribution in [3.05, 3.63) is 65.7 Å². The number of benzene rings is 2. The molecule has 132 valence electrons. The second-order valence-electron chi connectivity index (χ2n) is 8.04. The molecule has 1 saturated carbocycles. The second kappa shape index (κ2) is 6.47. The van der Waals surface area contributed by atoms with Gasteiger partial charge in [-0.2, -0.15) is 0 Å². The van der Waals surface area contributed by atoms with Crippen molar-refractivity contribution in [1.82, 2.24) is 4.90 Å². The Kier molecular flexibility index (Phi) is 4.30. The zero-order chi connectivity index (χ0) is 17.4. The molecule has 2 aliphatic rings. The van der Waals surface area contributed by atoms with Crippen LogP contribution in [0.5, 0.6) is 5.75 Å². The lowest BCUT2D eigenvalue weighted by Gasteiger charge is -2.27. The Morgan fingerprint density at radius 1 is 1.00 bits per heavy atom. The minimum absolute atomic E-state index is 0.326. The quantitative estimate of drug-likeness (QED) is 0.893. The SMILES string of the molecule is CC(CN1C[C@@H]2C[C@@](O)(c3ccccc3)C[C@@H]2C1)c1ccc(O)cc1. The Hall–Kier alpha value is -1.84. The van der Waals surface area contributed by atoms with Crippen LogP contribution in [0.2, 0.25) is 0 Å². The number of rotatable bonds is 4. The molecule has 2 aromatic carbocycles. The van der Waals surface area contributed by atoms with Gasteiger partial charge in [0.15, 0.2) is 0 Å². The Labute approximate surface area is 149 Å². The molecule has 1 heterocycles. The fourth-order valence-electron chi connectivity index (χ4n) is 4.88. The molecule has 4 atom stereocenters. The minimum Gasteiger partial charge on any atom is -0.508 e. The zero-order valence-electron chi connectivity index (χ0n) is 14.8. The molecule has 0 radical (unpaired) electrons. The highest BCUT2D eigenvalue weighted by atomic mass is 16.3. The highest BCUT2D eigenvalue weighted by Crippen LogP contribution is 2.49. The van der Waals surface area contributed by atoms with Gasteiger partial charge in [0, 0.05) is 19.6 Å². The van der Waals surface area contributed by atoms with Crippen molar-refractivity contribution >= 4 is 0 Å². The monoisotopic (exact) mass is 337 g/mol. The summed E-state index contributed by atoms with van der Waals surface area (Å²) < 4.78 is 0. The molecule has 1 unspecified atom stereocenters. The van der Waals surface area contributed by atoms with Crippen LogP contribution < -0.4 is 0 Å². The first-order valence-corrected chi connectivity index (χ1v) is 9.33. The molecule has 0 bridgehead atoms. The van der Waals surface area contributed by atoms with Gasteiger partial charge < -0.3 is 15.1 Å². The number of phenols is 1. The van der Waals surface area contributed by atoms with E-state index in [9.17, 15) is 10.2 Å². The average molecular weight is 337 g/mol. The van der Waals surface area contributed by atoms with Crippen molar-refractivity contribution in [2.75, 3.05) is 19.6 Å². The number of aromatic hydroxyl groups is 1. The highest BCUT2D eigenvalue weighted by molar-refractivity contribution is 5.28. The predicted octanol–water partition coefficient (Wildman–Crippen LogP) is 3.73. The van der Waals surface area contributed by atoms with Crippen molar-refractivity contribution in [3.63, 3.8) is 0 Å². The number of hydrogen-bond acceptors (Lipinski definition) is 3. The summed E-state index contributed by atoms with van der Waals surface area (Å²) in [6, 6.07) is 17.7. The number of nitrogens with zero attached hydrogens (tertiary/aromatic N) is 1. The smallest absolute Gasteiger partial charge is 0.115 e. The summed E-state index contributed by atoms with van der Waals surface area (Å²) >= 11 is 0. The third-order valence-electron chi connectivity index (χ3n) is 6.16. The van der Waals surface area contributed by atoms with Crippen molar-refractivity contribution in [2.24, 2.45) is 11.8 Å². The van der Waals surface area contributed by atoms with Crippen LogP contribution in [-0.4, -0.2) is 34.7 Å². The van der Waals surface area contributed by atoms with E-state index in [0.29, 0.717) is 23.5 Å². The van der Waals surface area contributed by atoms with Gasteiger partial charge >= 0.3 is 0 Å². The van der Waals surface area contributed by atoms with Gasteiger partial charge in [-0.3, -0.25) is 0 Å². The Balaban J connectivity index is 1.37. The van der Waals surface area contributed by atoms with E-state index in [4.69, 9.17) is 0 Å². The second-order valence-corrected chi connectivity index (χ2v) is 8.04. The van der Waals surface area contributed by atoms with Gasteiger partial charge in [-0.05, 0) is 53.9 Å². The lowest BCUT2D eigenvalue weighted by atomic mass is 9.90. The summed E-state index contributed by atoms with van der Waals surface area (Å²) in [7, 11) is 0. The van der Waals surface area contributed by atoms with Crippen molar-refractivity contribution in [3.8, 4) is 5.75 Å². The van der Waals surface area contributed by atoms with Crippen LogP contribution in [0.15, 0.2) is 54.6 Å². The average Bonchev–Trinajstić information content (AvgIpc) is 3.11. The molecule has 1 aliphatic heterocycles. The van der Waals surface area contributed by atoms with E-state index in [0.717, 1.165) is 38.0 Å². The van der Waals surface area contributed by atoms with Crippen LogP contribution in [0.3, 0.4) is 0 Å². The molecule has 0 amide bonds. The van der Waals surface area contributed by atoms with E-state index in [-0.39, 0.29) is 0 Å². The fourth-order valence-corrected chi connectivity index (χ4v) is 4.88. The molecule has 4 rings (SSSR count). The zero-order valence-corrected chi connectivity index (χ0v) is 14.8. The lowest BCUT2D eigenvalue weighted by molar-refractivity contribution is 0.0312. The van der Waals surface area contributed by atoms with E-state index in [1.807, 2.05) is 30.3 Å². The first-order chi connectivity index (χ1) is 12.0. The fraction of sp³-hybridized carbons (Fsp3) is 0.455. The lowest BCUT2D eigenvalue weighted by Crippen LogP contribution is -2.30. The normalized spacial score (nSPS) is 30.3. The molecule has 0 spiro atoms. The first-order valence-electron chi connectivity index (χ1n) is 9.33. The largest absolute Gasteiger partial charge is 0.508 e. The van der Waals surface area contributed by atoms with E-state index in [2.05, 4.69) is 24.0 Å². The van der Waals surface area contributed by atoms with Crippen LogP contribution in [-0.2, 0) is 5.60 Å². The maximum atomic E-state index is 11.1. The van der Waals surface area contributed by atoms with Crippen molar-refractivity contribution < 1.29 is 10.2 Å². The Bertz CT molecular complexity index is 699. The molecule has 1 aliphatic carbocycles. The molecular weight excluding hydrogens is 310 g/mol. The molecular formula is C22H27NO2. The van der Waals surface area contributed by atoms with Crippen molar-refractivity contribution in [2.45, 2.75) is 31.3 Å². The highest BCUT2D eigenvalue weighted by Gasteiger charge is 2.48. The van der Waals surface area contributed by atoms with Gasteiger partial charge in [0.2, 0.25) is 0 Å². The van der Waals surface area contributed by atoms with Crippen LogP contribution in [0, 0.1) is 11.8 Å². The Morgan fingerprint density at radius 3 is 2.20 bits per heavy atom. The van der Waals surface area contributed by atoms with Gasteiger partial charge in [-0.15, -0.1) is 0 Å². The van der Waals surface area contributed by atoms with Crippen LogP contribution in [0.4, 0.5) is 0 Å². The van der Waals surface area contributed by atoms with Crippen molar-refractivity contribution in [1.29, 1.82) is 0 Å². The third kappa shape index (κ3) is 3.31. The molecule has 25 heavy (non-hydrogen) atoms. The van der Waals surface area contributed by atoms with E-state index in [1.165, 1.54) is 5.56 Å². The topological polar surface area (TPSA) is 43.7 Å². The summed E-state index contributed by atoms with van der Waals surface area (Å²) in [5.74, 6) is 1.97. The summed E-state index contributed by atoms with van der Waals surface area (Å²) in [4.78, 5) is 2.55. The summed E-state index contributed by atoms with van der Waals surface area (Å²) in [6.45, 7) is 5.47. The third-order valence-corrected chi connectivity index (χ3v) is 6.16. The Morgan fingerprint density at radius 2 is 1.60 bits per heavy atom. The predicted molar refractivity (Wildman–Crippen MR) is 99.5 cm³/mol. The molecule has 1 saturated heterocycles. The van der Waals surface area contributed by atoms with Gasteiger partial charge in [0.05, 0.1) is 5.60 Å². The van der Waals surface area contributed by atoms with Crippen LogP contribution in [0.25, 0.3) is 0 Å². The first kappa shape index (κ1) is 16.6. The summed E-state index contributed by atoms with van der Waals surface area (Å²) in [5.41, 5.74) is 1.72. The molecule has 2 N–H and O–H groups in total. The summed E-state index contributed by atoms with van der Waals surface area (Å²) in [6.07, 6.45) is 1.76. The van der Waals surface area contributed by atoms with Crippen LogP contribution >= 0.6 is 0 Å². The maximum Gasteiger partial charge on any atom is 0.115 e. The van der Waals surface area contributed by atoms with Crippen LogP contribution in [0.1, 0.15) is 36.8 Å². The number of hydrogen-bond donors (Lipinski definition) is 2. The van der Waals surface area contributed by atoms with Gasteiger partial charge in [0.25, 0.3) is 0 Å². The number of fused-ring (bicyclic) bond motifs is 1. The molecule has 3 nitrogen and oxygen atoms in total. The van der Waals surface area contributed by atoms with E-state index in [1.54, 1.807) is 12.1 Å². The van der Waals surface area contributed by atoms with Gasteiger partial charge in [-0.25, -0.2) is 0 Å². The number of aliphatic hydroxyl groups is 1. The van der Waals surface area contributed by atoms with Gasteiger partial charge in [-0.1, -0.05) is 49.4 Å². The number of likely N-dealkylation sites (tertiary alicyclic amines) is 1. The number of phenolic OH excluding ortho intramolecular Hbond substituents is 1. The molecule has 3 heteroatoms. The summed E-state index contributed by atoms with van der Waals surface area (Å²) in [5, 5.41) is 20.5.